The topological polar surface area (TPSA) is 32.3 Å². The Labute approximate surface area is 138 Å². The van der Waals surface area contributed by atoms with Crippen molar-refractivity contribution in [3.05, 3.63) is 40.4 Å². The molecule has 1 aliphatic rings. The van der Waals surface area contributed by atoms with Gasteiger partial charge in [-0.15, -0.1) is 0 Å². The van der Waals surface area contributed by atoms with Gasteiger partial charge in [-0.05, 0) is 55.8 Å². The summed E-state index contributed by atoms with van der Waals surface area (Å²) in [5.74, 6) is 0.201. The maximum Gasteiger partial charge on any atom is 0.416 e. The molecule has 1 fully saturated rings. The lowest BCUT2D eigenvalue weighted by atomic mass is 10.1. The fourth-order valence-electron chi connectivity index (χ4n) is 2.60. The van der Waals surface area contributed by atoms with E-state index in [-0.39, 0.29) is 16.5 Å². The SMILES string of the molecule is CNCC1CCN(C(=O)/C=C/c2cc(C(F)(F)F)ccc2Cl)C1. The summed E-state index contributed by atoms with van der Waals surface area (Å²) < 4.78 is 38.1. The highest BCUT2D eigenvalue weighted by Gasteiger charge is 2.30. The van der Waals surface area contributed by atoms with Crippen LogP contribution in [0.25, 0.3) is 6.08 Å². The average molecular weight is 347 g/mol. The molecule has 1 N–H and O–H groups in total. The number of alkyl halides is 3. The number of halogens is 4. The van der Waals surface area contributed by atoms with Crippen molar-refractivity contribution in [3.8, 4) is 0 Å². The van der Waals surface area contributed by atoms with Crippen molar-refractivity contribution in [3.63, 3.8) is 0 Å². The van der Waals surface area contributed by atoms with E-state index in [1.54, 1.807) is 4.90 Å². The predicted molar refractivity (Wildman–Crippen MR) is 84.1 cm³/mol. The Balaban J connectivity index is 2.07. The Morgan fingerprint density at radius 2 is 2.22 bits per heavy atom. The van der Waals surface area contributed by atoms with Gasteiger partial charge in [0.25, 0.3) is 0 Å². The van der Waals surface area contributed by atoms with E-state index in [0.29, 0.717) is 19.0 Å². The smallest absolute Gasteiger partial charge is 0.339 e. The van der Waals surface area contributed by atoms with Crippen LogP contribution in [0.2, 0.25) is 5.02 Å². The van der Waals surface area contributed by atoms with E-state index in [1.807, 2.05) is 7.05 Å². The highest BCUT2D eigenvalue weighted by atomic mass is 35.5. The second-order valence-electron chi connectivity index (χ2n) is 5.56. The molecule has 0 spiro atoms. The number of nitrogens with one attached hydrogen (secondary N) is 1. The number of rotatable bonds is 4. The van der Waals surface area contributed by atoms with E-state index < -0.39 is 11.7 Å². The summed E-state index contributed by atoms with van der Waals surface area (Å²) in [6.45, 7) is 2.15. The van der Waals surface area contributed by atoms with Crippen LogP contribution in [0.5, 0.6) is 0 Å². The van der Waals surface area contributed by atoms with Gasteiger partial charge >= 0.3 is 6.18 Å². The van der Waals surface area contributed by atoms with Crippen LogP contribution >= 0.6 is 11.6 Å². The van der Waals surface area contributed by atoms with E-state index in [9.17, 15) is 18.0 Å². The van der Waals surface area contributed by atoms with Crippen LogP contribution < -0.4 is 5.32 Å². The van der Waals surface area contributed by atoms with Crippen molar-refractivity contribution < 1.29 is 18.0 Å². The Kier molecular flexibility index (Phi) is 5.70. The highest BCUT2D eigenvalue weighted by Crippen LogP contribution is 2.32. The fourth-order valence-corrected chi connectivity index (χ4v) is 2.78. The molecular weight excluding hydrogens is 329 g/mol. The number of benzene rings is 1. The van der Waals surface area contributed by atoms with Gasteiger partial charge in [0.05, 0.1) is 5.56 Å². The molecule has 1 aromatic carbocycles. The molecule has 0 bridgehead atoms. The molecule has 7 heteroatoms. The van der Waals surface area contributed by atoms with Gasteiger partial charge in [-0.25, -0.2) is 0 Å². The Morgan fingerprint density at radius 3 is 2.87 bits per heavy atom. The van der Waals surface area contributed by atoms with Crippen LogP contribution in [-0.2, 0) is 11.0 Å². The van der Waals surface area contributed by atoms with Gasteiger partial charge in [-0.2, -0.15) is 13.2 Å². The first kappa shape index (κ1) is 17.8. The lowest BCUT2D eigenvalue weighted by Gasteiger charge is -2.14. The molecule has 1 unspecified atom stereocenters. The summed E-state index contributed by atoms with van der Waals surface area (Å²) in [4.78, 5) is 13.8. The number of nitrogens with zero attached hydrogens (tertiary/aromatic N) is 1. The van der Waals surface area contributed by atoms with Crippen molar-refractivity contribution >= 4 is 23.6 Å². The summed E-state index contributed by atoms with van der Waals surface area (Å²) in [5, 5.41) is 3.25. The first-order valence-electron chi connectivity index (χ1n) is 7.29. The normalized spacial score (nSPS) is 18.8. The van der Waals surface area contributed by atoms with E-state index in [2.05, 4.69) is 5.32 Å². The number of hydrogen-bond donors (Lipinski definition) is 1. The van der Waals surface area contributed by atoms with Crippen LogP contribution in [0.1, 0.15) is 17.5 Å². The second-order valence-corrected chi connectivity index (χ2v) is 5.97. The van der Waals surface area contributed by atoms with Crippen molar-refractivity contribution in [2.24, 2.45) is 5.92 Å². The van der Waals surface area contributed by atoms with E-state index in [4.69, 9.17) is 11.6 Å². The molecular formula is C16H18ClF3N2O. The minimum absolute atomic E-state index is 0.177. The average Bonchev–Trinajstić information content (AvgIpc) is 2.94. The molecule has 1 heterocycles. The maximum absolute atomic E-state index is 12.7. The molecule has 1 aliphatic heterocycles. The molecule has 3 nitrogen and oxygen atoms in total. The zero-order valence-electron chi connectivity index (χ0n) is 12.7. The zero-order valence-corrected chi connectivity index (χ0v) is 13.4. The third-order valence-electron chi connectivity index (χ3n) is 3.82. The highest BCUT2D eigenvalue weighted by molar-refractivity contribution is 6.32. The number of carbonyl (C=O) groups excluding carboxylic acids is 1. The summed E-state index contributed by atoms with van der Waals surface area (Å²) in [7, 11) is 1.86. The van der Waals surface area contributed by atoms with Gasteiger partial charge in [0.15, 0.2) is 0 Å². The number of hydrogen-bond acceptors (Lipinski definition) is 2. The Morgan fingerprint density at radius 1 is 1.48 bits per heavy atom. The zero-order chi connectivity index (χ0) is 17.0. The first-order valence-corrected chi connectivity index (χ1v) is 7.67. The monoisotopic (exact) mass is 346 g/mol. The lowest BCUT2D eigenvalue weighted by Crippen LogP contribution is -2.28. The van der Waals surface area contributed by atoms with Crippen molar-refractivity contribution in [2.75, 3.05) is 26.7 Å². The van der Waals surface area contributed by atoms with Crippen LogP contribution in [0, 0.1) is 5.92 Å². The number of amides is 1. The van der Waals surface area contributed by atoms with Crippen LogP contribution in [0.3, 0.4) is 0 Å². The lowest BCUT2D eigenvalue weighted by molar-refractivity contribution is -0.137. The molecule has 23 heavy (non-hydrogen) atoms. The van der Waals surface area contributed by atoms with Crippen LogP contribution in [0.4, 0.5) is 13.2 Å². The molecule has 0 radical (unpaired) electrons. The van der Waals surface area contributed by atoms with Crippen LogP contribution in [-0.4, -0.2) is 37.5 Å². The van der Waals surface area contributed by atoms with Gasteiger partial charge in [0.2, 0.25) is 5.91 Å². The van der Waals surface area contributed by atoms with Crippen LogP contribution in [0.15, 0.2) is 24.3 Å². The van der Waals surface area contributed by atoms with Gasteiger partial charge in [0, 0.05) is 24.2 Å². The summed E-state index contributed by atoms with van der Waals surface area (Å²) >= 11 is 5.90. The van der Waals surface area contributed by atoms with Crippen molar-refractivity contribution in [1.82, 2.24) is 10.2 Å². The Hall–Kier alpha value is -1.53. The molecule has 1 amide bonds. The minimum atomic E-state index is -4.44. The van der Waals surface area contributed by atoms with Crippen molar-refractivity contribution in [2.45, 2.75) is 12.6 Å². The fraction of sp³-hybridized carbons (Fsp3) is 0.438. The first-order chi connectivity index (χ1) is 10.8. The molecule has 1 aromatic rings. The van der Waals surface area contributed by atoms with Gasteiger partial charge < -0.3 is 10.2 Å². The van der Waals surface area contributed by atoms with E-state index >= 15 is 0 Å². The standard InChI is InChI=1S/C16H18ClF3N2O/c1-21-9-11-6-7-22(10-11)15(23)5-2-12-8-13(16(18,19)20)3-4-14(12)17/h2-5,8,11,21H,6-7,9-10H2,1H3/b5-2+. The van der Waals surface area contributed by atoms with Crippen molar-refractivity contribution in [1.29, 1.82) is 0 Å². The molecule has 2 rings (SSSR count). The number of likely N-dealkylation sites (tertiary alicyclic amines) is 1. The molecule has 0 aliphatic carbocycles. The number of carbonyl (C=O) groups is 1. The molecule has 1 saturated heterocycles. The molecule has 1 atom stereocenters. The summed E-state index contributed by atoms with van der Waals surface area (Å²) in [6.07, 6.45) is -0.897. The Bertz CT molecular complexity index is 601. The minimum Gasteiger partial charge on any atom is -0.339 e. The third-order valence-corrected chi connectivity index (χ3v) is 4.16. The largest absolute Gasteiger partial charge is 0.416 e. The quantitative estimate of drug-likeness (QED) is 0.847. The maximum atomic E-state index is 12.7. The third kappa shape index (κ3) is 4.72. The van der Waals surface area contributed by atoms with E-state index in [1.165, 1.54) is 18.2 Å². The van der Waals surface area contributed by atoms with Gasteiger partial charge in [-0.1, -0.05) is 11.6 Å². The van der Waals surface area contributed by atoms with Gasteiger partial charge in [0.1, 0.15) is 0 Å². The van der Waals surface area contributed by atoms with E-state index in [0.717, 1.165) is 25.1 Å². The van der Waals surface area contributed by atoms with Gasteiger partial charge in [-0.3, -0.25) is 4.79 Å². The predicted octanol–water partition coefficient (Wildman–Crippen LogP) is 3.44. The second kappa shape index (κ2) is 7.36. The molecule has 0 saturated carbocycles. The summed E-state index contributed by atoms with van der Waals surface area (Å²) in [5.41, 5.74) is -0.606. The molecule has 0 aromatic heterocycles. The summed E-state index contributed by atoms with van der Waals surface area (Å²) in [6, 6.07) is 3.05. The molecule has 126 valence electrons.